The number of ether oxygens (including phenoxy) is 1. The number of hydrogen-bond acceptors (Lipinski definition) is 4. The van der Waals surface area contributed by atoms with Gasteiger partial charge in [0.2, 0.25) is 0 Å². The van der Waals surface area contributed by atoms with E-state index in [4.69, 9.17) is 4.74 Å². The standard InChI is InChI=1S/C17H30N4O/c1-3-19(4-2)13-16-11-18-17-5-7-20(8-9-21(16)17)12-15-6-10-22-14-15/h11,15H,3-10,12-14H2,1-2H3/t15-/m1/s1. The molecule has 0 saturated carbocycles. The molecule has 1 saturated heterocycles. The number of aromatic nitrogens is 2. The zero-order valence-electron chi connectivity index (χ0n) is 14.1. The maximum Gasteiger partial charge on any atom is 0.110 e. The zero-order valence-corrected chi connectivity index (χ0v) is 14.1. The van der Waals surface area contributed by atoms with Gasteiger partial charge >= 0.3 is 0 Å². The van der Waals surface area contributed by atoms with E-state index >= 15 is 0 Å². The molecule has 1 aromatic rings. The second kappa shape index (κ2) is 7.57. The third kappa shape index (κ3) is 3.70. The number of hydrogen-bond donors (Lipinski definition) is 0. The lowest BCUT2D eigenvalue weighted by atomic mass is 10.1. The molecule has 124 valence electrons. The summed E-state index contributed by atoms with van der Waals surface area (Å²) in [5.41, 5.74) is 1.38. The minimum Gasteiger partial charge on any atom is -0.381 e. The van der Waals surface area contributed by atoms with Crippen LogP contribution in [-0.4, -0.2) is 65.3 Å². The molecule has 0 N–H and O–H groups in total. The molecule has 1 aromatic heterocycles. The van der Waals surface area contributed by atoms with Crippen LogP contribution in [-0.2, 0) is 24.2 Å². The van der Waals surface area contributed by atoms with Gasteiger partial charge in [0, 0.05) is 51.9 Å². The Morgan fingerprint density at radius 1 is 1.27 bits per heavy atom. The molecule has 2 aliphatic rings. The second-order valence-electron chi connectivity index (χ2n) is 6.56. The van der Waals surface area contributed by atoms with Crippen molar-refractivity contribution in [2.24, 2.45) is 5.92 Å². The Bertz CT molecular complexity index is 463. The molecule has 0 radical (unpaired) electrons. The van der Waals surface area contributed by atoms with Crippen molar-refractivity contribution in [2.45, 2.75) is 39.8 Å². The molecular formula is C17H30N4O. The molecule has 0 unspecified atom stereocenters. The van der Waals surface area contributed by atoms with Gasteiger partial charge in [-0.05, 0) is 25.4 Å². The predicted octanol–water partition coefficient (Wildman–Crippen LogP) is 1.62. The summed E-state index contributed by atoms with van der Waals surface area (Å²) in [6.07, 6.45) is 4.40. The minimum atomic E-state index is 0.737. The summed E-state index contributed by atoms with van der Waals surface area (Å²) < 4.78 is 7.98. The molecule has 22 heavy (non-hydrogen) atoms. The first kappa shape index (κ1) is 16.0. The lowest BCUT2D eigenvalue weighted by Gasteiger charge is -2.23. The largest absolute Gasteiger partial charge is 0.381 e. The normalized spacial score (nSPS) is 23.0. The van der Waals surface area contributed by atoms with Gasteiger partial charge in [0.05, 0.1) is 12.3 Å². The Labute approximate surface area is 134 Å². The minimum absolute atomic E-state index is 0.737. The van der Waals surface area contributed by atoms with Crippen molar-refractivity contribution in [1.82, 2.24) is 19.4 Å². The van der Waals surface area contributed by atoms with Crippen LogP contribution in [0.25, 0.3) is 0 Å². The molecule has 0 spiro atoms. The van der Waals surface area contributed by atoms with Crippen LogP contribution in [0.15, 0.2) is 6.20 Å². The van der Waals surface area contributed by atoms with E-state index in [1.54, 1.807) is 0 Å². The summed E-state index contributed by atoms with van der Waals surface area (Å²) in [5.74, 6) is 2.01. The van der Waals surface area contributed by atoms with Gasteiger partial charge in [-0.3, -0.25) is 4.90 Å². The molecule has 3 heterocycles. The van der Waals surface area contributed by atoms with Crippen LogP contribution in [0.4, 0.5) is 0 Å². The van der Waals surface area contributed by atoms with E-state index in [0.29, 0.717) is 0 Å². The van der Waals surface area contributed by atoms with Crippen molar-refractivity contribution < 1.29 is 4.74 Å². The Balaban J connectivity index is 1.60. The average Bonchev–Trinajstić information content (AvgIpc) is 3.13. The number of imidazole rings is 1. The smallest absolute Gasteiger partial charge is 0.110 e. The zero-order chi connectivity index (χ0) is 15.4. The summed E-state index contributed by atoms with van der Waals surface area (Å²) in [6.45, 7) is 14.1. The van der Waals surface area contributed by atoms with Crippen LogP contribution in [0.1, 0.15) is 31.8 Å². The van der Waals surface area contributed by atoms with Crippen LogP contribution < -0.4 is 0 Å². The van der Waals surface area contributed by atoms with Crippen LogP contribution in [0.5, 0.6) is 0 Å². The average molecular weight is 306 g/mol. The molecule has 5 nitrogen and oxygen atoms in total. The summed E-state index contributed by atoms with van der Waals surface area (Å²) in [4.78, 5) is 9.76. The molecule has 1 atom stereocenters. The third-order valence-corrected chi connectivity index (χ3v) is 5.13. The van der Waals surface area contributed by atoms with Gasteiger partial charge in [0.25, 0.3) is 0 Å². The fourth-order valence-electron chi connectivity index (χ4n) is 3.62. The van der Waals surface area contributed by atoms with Crippen molar-refractivity contribution in [3.8, 4) is 0 Å². The van der Waals surface area contributed by atoms with Gasteiger partial charge < -0.3 is 14.2 Å². The van der Waals surface area contributed by atoms with Crippen molar-refractivity contribution in [2.75, 3.05) is 45.9 Å². The second-order valence-corrected chi connectivity index (χ2v) is 6.56. The first-order valence-electron chi connectivity index (χ1n) is 8.85. The first-order valence-corrected chi connectivity index (χ1v) is 8.85. The molecular weight excluding hydrogens is 276 g/mol. The molecule has 0 amide bonds. The number of nitrogens with zero attached hydrogens (tertiary/aromatic N) is 4. The monoisotopic (exact) mass is 306 g/mol. The highest BCUT2D eigenvalue weighted by atomic mass is 16.5. The van der Waals surface area contributed by atoms with E-state index in [-0.39, 0.29) is 0 Å². The predicted molar refractivity (Wildman–Crippen MR) is 87.9 cm³/mol. The van der Waals surface area contributed by atoms with E-state index in [9.17, 15) is 0 Å². The summed E-state index contributed by atoms with van der Waals surface area (Å²) in [7, 11) is 0. The maximum atomic E-state index is 5.51. The number of rotatable bonds is 6. The van der Waals surface area contributed by atoms with Gasteiger partial charge in [0.1, 0.15) is 5.82 Å². The maximum absolute atomic E-state index is 5.51. The molecule has 0 bridgehead atoms. The SMILES string of the molecule is CCN(CC)Cc1cnc2n1CCN(C[C@H]1CCOC1)CC2. The van der Waals surface area contributed by atoms with Crippen molar-refractivity contribution in [3.63, 3.8) is 0 Å². The van der Waals surface area contributed by atoms with Crippen molar-refractivity contribution >= 4 is 0 Å². The highest BCUT2D eigenvalue weighted by Gasteiger charge is 2.22. The topological polar surface area (TPSA) is 33.5 Å². The van der Waals surface area contributed by atoms with E-state index in [2.05, 4.69) is 39.4 Å². The molecule has 0 aliphatic carbocycles. The van der Waals surface area contributed by atoms with Crippen LogP contribution >= 0.6 is 0 Å². The van der Waals surface area contributed by atoms with Gasteiger partial charge in [-0.25, -0.2) is 4.98 Å². The van der Waals surface area contributed by atoms with Gasteiger partial charge in [-0.15, -0.1) is 0 Å². The van der Waals surface area contributed by atoms with E-state index in [1.165, 1.54) is 24.5 Å². The van der Waals surface area contributed by atoms with Crippen LogP contribution in [0.2, 0.25) is 0 Å². The van der Waals surface area contributed by atoms with Crippen LogP contribution in [0, 0.1) is 5.92 Å². The molecule has 2 aliphatic heterocycles. The Hall–Kier alpha value is -0.910. The lowest BCUT2D eigenvalue weighted by molar-refractivity contribution is 0.167. The van der Waals surface area contributed by atoms with Crippen LogP contribution in [0.3, 0.4) is 0 Å². The van der Waals surface area contributed by atoms with E-state index in [0.717, 1.165) is 64.8 Å². The summed E-state index contributed by atoms with van der Waals surface area (Å²) in [5, 5.41) is 0. The Morgan fingerprint density at radius 3 is 2.86 bits per heavy atom. The Morgan fingerprint density at radius 2 is 2.14 bits per heavy atom. The van der Waals surface area contributed by atoms with Gasteiger partial charge in [0.15, 0.2) is 0 Å². The first-order chi connectivity index (χ1) is 10.8. The summed E-state index contributed by atoms with van der Waals surface area (Å²) in [6, 6.07) is 0. The fraction of sp³-hybridized carbons (Fsp3) is 0.824. The van der Waals surface area contributed by atoms with Gasteiger partial charge in [-0.1, -0.05) is 13.8 Å². The van der Waals surface area contributed by atoms with E-state index in [1.807, 2.05) is 0 Å². The summed E-state index contributed by atoms with van der Waals surface area (Å²) >= 11 is 0. The number of fused-ring (bicyclic) bond motifs is 1. The highest BCUT2D eigenvalue weighted by Crippen LogP contribution is 2.17. The van der Waals surface area contributed by atoms with Gasteiger partial charge in [-0.2, -0.15) is 0 Å². The van der Waals surface area contributed by atoms with Crippen molar-refractivity contribution in [1.29, 1.82) is 0 Å². The highest BCUT2D eigenvalue weighted by molar-refractivity contribution is 5.07. The third-order valence-electron chi connectivity index (χ3n) is 5.13. The van der Waals surface area contributed by atoms with Crippen molar-refractivity contribution in [3.05, 3.63) is 17.7 Å². The molecule has 5 heteroatoms. The molecule has 3 rings (SSSR count). The quantitative estimate of drug-likeness (QED) is 0.800. The van der Waals surface area contributed by atoms with E-state index < -0.39 is 0 Å². The molecule has 0 aromatic carbocycles. The molecule has 1 fully saturated rings. The fourth-order valence-corrected chi connectivity index (χ4v) is 3.62. The lowest BCUT2D eigenvalue weighted by Crippen LogP contribution is -2.32. The Kier molecular flexibility index (Phi) is 5.50.